The molecule has 2 heterocycles. The van der Waals surface area contributed by atoms with Crippen LogP contribution in [0.2, 0.25) is 0 Å². The molecule has 3 aliphatic carbocycles. The molecule has 4 bridgehead atoms. The van der Waals surface area contributed by atoms with E-state index in [2.05, 4.69) is 10.1 Å². The molecule has 116 valence electrons. The molecular weight excluding hydrogens is 260 g/mol. The molecule has 1 N–H and O–H groups in total. The molecular formula is C18H28N2O. The predicted molar refractivity (Wildman–Crippen MR) is 82.6 cm³/mol. The number of piperidine rings is 2. The Balaban J connectivity index is 1.39. The molecule has 3 nitrogen and oxygen atoms in total. The first-order chi connectivity index (χ1) is 10.3. The lowest BCUT2D eigenvalue weighted by molar-refractivity contribution is -0.0114. The molecule has 5 aliphatic rings. The second-order valence-corrected chi connectivity index (χ2v) is 8.64. The lowest BCUT2D eigenvalue weighted by Gasteiger charge is -2.53. The van der Waals surface area contributed by atoms with E-state index in [1.807, 2.05) is 0 Å². The Kier molecular flexibility index (Phi) is 2.90. The normalized spacial score (nSPS) is 54.3. The Morgan fingerprint density at radius 3 is 2.38 bits per heavy atom. The van der Waals surface area contributed by atoms with Gasteiger partial charge in [-0.15, -0.1) is 0 Å². The zero-order chi connectivity index (χ0) is 14.0. The summed E-state index contributed by atoms with van der Waals surface area (Å²) in [7, 11) is 0. The molecule has 5 rings (SSSR count). The quantitative estimate of drug-likeness (QED) is 0.590. The fourth-order valence-corrected chi connectivity index (χ4v) is 6.94. The van der Waals surface area contributed by atoms with Gasteiger partial charge in [-0.05, 0) is 68.6 Å². The van der Waals surface area contributed by atoms with Crippen LogP contribution in [0.3, 0.4) is 0 Å². The van der Waals surface area contributed by atoms with E-state index in [1.165, 1.54) is 32.1 Å². The Morgan fingerprint density at radius 1 is 0.857 bits per heavy atom. The van der Waals surface area contributed by atoms with Gasteiger partial charge in [0.25, 0.3) is 0 Å². The predicted octanol–water partition coefficient (Wildman–Crippen LogP) is 3.66. The molecule has 3 heteroatoms. The van der Waals surface area contributed by atoms with Gasteiger partial charge in [-0.3, -0.25) is 4.90 Å². The summed E-state index contributed by atoms with van der Waals surface area (Å²) < 4.78 is 0. The third-order valence-electron chi connectivity index (χ3n) is 7.66. The van der Waals surface area contributed by atoms with Gasteiger partial charge >= 0.3 is 0 Å². The van der Waals surface area contributed by atoms with Gasteiger partial charge < -0.3 is 5.21 Å². The Hall–Kier alpha value is -0.570. The van der Waals surface area contributed by atoms with Crippen LogP contribution >= 0.6 is 0 Å². The minimum atomic E-state index is 0.681. The van der Waals surface area contributed by atoms with E-state index in [0.29, 0.717) is 12.1 Å². The third kappa shape index (κ3) is 1.92. The van der Waals surface area contributed by atoms with Crippen LogP contribution in [0.1, 0.15) is 64.2 Å². The smallest absolute Gasteiger partial charge is 0.0601 e. The number of hydrogen-bond donors (Lipinski definition) is 1. The molecule has 0 radical (unpaired) electrons. The first-order valence-electron chi connectivity index (χ1n) is 9.29. The minimum absolute atomic E-state index is 0.681. The van der Waals surface area contributed by atoms with E-state index in [9.17, 15) is 5.21 Å². The van der Waals surface area contributed by atoms with Gasteiger partial charge in [0.15, 0.2) is 0 Å². The Bertz CT molecular complexity index is 442. The minimum Gasteiger partial charge on any atom is -0.411 e. The van der Waals surface area contributed by atoms with Crippen molar-refractivity contribution in [1.82, 2.24) is 4.90 Å². The summed E-state index contributed by atoms with van der Waals surface area (Å²) >= 11 is 0. The van der Waals surface area contributed by atoms with Crippen LogP contribution in [0.4, 0.5) is 0 Å². The second kappa shape index (κ2) is 4.71. The van der Waals surface area contributed by atoms with Crippen molar-refractivity contribution >= 4 is 5.71 Å². The molecule has 0 aromatic heterocycles. The molecule has 0 aromatic carbocycles. The molecule has 5 fully saturated rings. The van der Waals surface area contributed by atoms with Crippen molar-refractivity contribution in [1.29, 1.82) is 0 Å². The third-order valence-corrected chi connectivity index (χ3v) is 7.66. The second-order valence-electron chi connectivity index (χ2n) is 8.64. The van der Waals surface area contributed by atoms with Gasteiger partial charge in [0.1, 0.15) is 0 Å². The van der Waals surface area contributed by atoms with Crippen LogP contribution in [0, 0.1) is 23.7 Å². The average Bonchev–Trinajstić information content (AvgIpc) is 2.67. The molecule has 3 saturated carbocycles. The summed E-state index contributed by atoms with van der Waals surface area (Å²) in [6.07, 6.45) is 13.7. The SMILES string of the molecule is O/N=C1/C[C@H]2CCC[C@@H](C1)N2[C@@H]1C[C@@H]2CC3[C@@H](C2)C[C@H]3C1. The average molecular weight is 288 g/mol. The van der Waals surface area contributed by atoms with Crippen LogP contribution in [-0.4, -0.2) is 33.9 Å². The van der Waals surface area contributed by atoms with Crippen LogP contribution in [0.15, 0.2) is 5.16 Å². The van der Waals surface area contributed by atoms with E-state index in [1.54, 1.807) is 19.3 Å². The lowest BCUT2D eigenvalue weighted by Crippen LogP contribution is -2.57. The Labute approximate surface area is 127 Å². The number of nitrogens with zero attached hydrogens (tertiary/aromatic N) is 2. The van der Waals surface area contributed by atoms with Gasteiger partial charge in [-0.2, -0.15) is 0 Å². The van der Waals surface area contributed by atoms with Crippen molar-refractivity contribution in [3.05, 3.63) is 0 Å². The van der Waals surface area contributed by atoms with Crippen molar-refractivity contribution in [3.8, 4) is 0 Å². The molecule has 21 heavy (non-hydrogen) atoms. The molecule has 2 aliphatic heterocycles. The Morgan fingerprint density at radius 2 is 1.62 bits per heavy atom. The monoisotopic (exact) mass is 288 g/mol. The van der Waals surface area contributed by atoms with Crippen LogP contribution < -0.4 is 0 Å². The maximum Gasteiger partial charge on any atom is 0.0601 e. The van der Waals surface area contributed by atoms with Crippen LogP contribution in [-0.2, 0) is 0 Å². The first kappa shape index (κ1) is 12.9. The van der Waals surface area contributed by atoms with Gasteiger partial charge in [0.2, 0.25) is 0 Å². The molecule has 0 spiro atoms. The highest BCUT2D eigenvalue weighted by Crippen LogP contribution is 2.59. The van der Waals surface area contributed by atoms with Gasteiger partial charge in [0.05, 0.1) is 5.71 Å². The van der Waals surface area contributed by atoms with Crippen molar-refractivity contribution in [2.24, 2.45) is 28.8 Å². The summed E-state index contributed by atoms with van der Waals surface area (Å²) in [5.74, 6) is 4.32. The molecule has 0 aromatic rings. The maximum absolute atomic E-state index is 9.19. The topological polar surface area (TPSA) is 35.8 Å². The fraction of sp³-hybridized carbons (Fsp3) is 0.944. The van der Waals surface area contributed by atoms with Crippen molar-refractivity contribution < 1.29 is 5.21 Å². The largest absolute Gasteiger partial charge is 0.411 e. The van der Waals surface area contributed by atoms with Crippen molar-refractivity contribution in [3.63, 3.8) is 0 Å². The molecule has 0 amide bonds. The molecule has 1 unspecified atom stereocenters. The van der Waals surface area contributed by atoms with Gasteiger partial charge in [-0.1, -0.05) is 11.6 Å². The zero-order valence-corrected chi connectivity index (χ0v) is 13.0. The van der Waals surface area contributed by atoms with E-state index >= 15 is 0 Å². The lowest BCUT2D eigenvalue weighted by atomic mass is 9.64. The summed E-state index contributed by atoms with van der Waals surface area (Å²) in [5.41, 5.74) is 1.07. The highest BCUT2D eigenvalue weighted by Gasteiger charge is 2.53. The molecule has 7 atom stereocenters. The summed E-state index contributed by atoms with van der Waals surface area (Å²) in [6.45, 7) is 0. The number of hydrogen-bond acceptors (Lipinski definition) is 3. The van der Waals surface area contributed by atoms with E-state index in [0.717, 1.165) is 48.3 Å². The maximum atomic E-state index is 9.19. The van der Waals surface area contributed by atoms with Crippen LogP contribution in [0.25, 0.3) is 0 Å². The highest BCUT2D eigenvalue weighted by atomic mass is 16.4. The number of oxime groups is 1. The standard InChI is InChI=1S/C18H28N2O/c21-19-14-9-15-2-1-3-16(10-14)20(15)17-5-11-4-12-7-13(8-17)18(12)6-11/h11-13,15-18,21H,1-10H2/b19-14-/t11-,12+,13+,15-,16+,17-,18?/m1/s1. The highest BCUT2D eigenvalue weighted by molar-refractivity contribution is 5.86. The van der Waals surface area contributed by atoms with E-state index < -0.39 is 0 Å². The van der Waals surface area contributed by atoms with E-state index in [4.69, 9.17) is 0 Å². The van der Waals surface area contributed by atoms with Gasteiger partial charge in [-0.25, -0.2) is 0 Å². The van der Waals surface area contributed by atoms with Crippen molar-refractivity contribution in [2.45, 2.75) is 82.3 Å². The first-order valence-corrected chi connectivity index (χ1v) is 9.29. The number of fused-ring (bicyclic) bond motifs is 3. The molecule has 2 saturated heterocycles. The fourth-order valence-electron chi connectivity index (χ4n) is 6.94. The number of rotatable bonds is 1. The zero-order valence-electron chi connectivity index (χ0n) is 13.0. The summed E-state index contributed by atoms with van der Waals surface area (Å²) in [4.78, 5) is 2.92. The summed E-state index contributed by atoms with van der Waals surface area (Å²) in [5, 5.41) is 12.8. The van der Waals surface area contributed by atoms with Gasteiger partial charge in [0, 0.05) is 31.0 Å². The van der Waals surface area contributed by atoms with E-state index in [-0.39, 0.29) is 0 Å². The van der Waals surface area contributed by atoms with Crippen molar-refractivity contribution in [2.75, 3.05) is 0 Å². The summed E-state index contributed by atoms with van der Waals surface area (Å²) in [6, 6.07) is 2.21. The van der Waals surface area contributed by atoms with Crippen LogP contribution in [0.5, 0.6) is 0 Å².